The summed E-state index contributed by atoms with van der Waals surface area (Å²) in [7, 11) is 0. The number of allylic oxidation sites excluding steroid dienone is 2. The number of Topliss-reactive ketones (excluding diaryl/α,β-unsaturated/α-hetero) is 2. The van der Waals surface area contributed by atoms with Gasteiger partial charge in [-0.15, -0.1) is 0 Å². The molecule has 278 valence electrons. The average molecular weight is 768 g/mol. The van der Waals surface area contributed by atoms with Gasteiger partial charge in [-0.3, -0.25) is 19.2 Å². The fraction of sp³-hybridized carbons (Fsp3) is 0.643. The Labute approximate surface area is 311 Å². The molecule has 0 aliphatic heterocycles. The molecule has 4 aliphatic rings. The summed E-state index contributed by atoms with van der Waals surface area (Å²) in [6, 6.07) is 6.92. The van der Waals surface area contributed by atoms with Gasteiger partial charge in [-0.2, -0.15) is 0 Å². The molecule has 1 aromatic rings. The number of benzene rings is 1. The van der Waals surface area contributed by atoms with Crippen LogP contribution in [0.25, 0.3) is 0 Å². The number of esters is 3. The van der Waals surface area contributed by atoms with Crippen LogP contribution in [0.4, 0.5) is 0 Å². The Bertz CT molecular complexity index is 1650. The van der Waals surface area contributed by atoms with Gasteiger partial charge < -0.3 is 14.2 Å². The SMILES string of the molecule is CC(=O)O[C@@H]1C2=C(CC[C@H]3C(C)(C)C(=O)CC[C@]23C)[C@]2(C)CC[C@H]([C@H](C)CC/C=C(/C)C(=O)OCC(=O)c3ccc(Br)cc3)[C@@]2(C)[C@@H]1OC(C)=O. The van der Waals surface area contributed by atoms with Crippen molar-refractivity contribution in [3.63, 3.8) is 0 Å². The maximum atomic E-state index is 13.2. The highest BCUT2D eigenvalue weighted by Gasteiger charge is 2.70. The van der Waals surface area contributed by atoms with Crippen molar-refractivity contribution < 1.29 is 38.2 Å². The highest BCUT2D eigenvalue weighted by molar-refractivity contribution is 9.10. The molecule has 0 aromatic heterocycles. The lowest BCUT2D eigenvalue weighted by Crippen LogP contribution is -2.64. The molecule has 51 heavy (non-hydrogen) atoms. The van der Waals surface area contributed by atoms with Crippen molar-refractivity contribution in [2.45, 2.75) is 126 Å². The Hall–Kier alpha value is -3.07. The molecule has 0 heterocycles. The second-order valence-corrected chi connectivity index (χ2v) is 17.7. The van der Waals surface area contributed by atoms with Crippen LogP contribution in [0.3, 0.4) is 0 Å². The molecule has 0 bridgehead atoms. The number of carbonyl (C=O) groups is 5. The average Bonchev–Trinajstić information content (AvgIpc) is 3.34. The third-order valence-corrected chi connectivity index (χ3v) is 14.3. The molecule has 2 fully saturated rings. The van der Waals surface area contributed by atoms with Gasteiger partial charge in [0.2, 0.25) is 0 Å². The molecule has 0 amide bonds. The van der Waals surface area contributed by atoms with E-state index in [4.69, 9.17) is 14.2 Å². The van der Waals surface area contributed by atoms with Crippen LogP contribution in [-0.4, -0.2) is 48.3 Å². The number of fused-ring (bicyclic) bond motifs is 4. The van der Waals surface area contributed by atoms with E-state index in [0.29, 0.717) is 30.4 Å². The van der Waals surface area contributed by atoms with Crippen molar-refractivity contribution >= 4 is 45.4 Å². The second-order valence-electron chi connectivity index (χ2n) is 16.8. The number of hydrogen-bond donors (Lipinski definition) is 0. The molecule has 1 aromatic carbocycles. The van der Waals surface area contributed by atoms with E-state index in [1.807, 2.05) is 6.08 Å². The van der Waals surface area contributed by atoms with Crippen LogP contribution < -0.4 is 0 Å². The molecular weight excluding hydrogens is 712 g/mol. The van der Waals surface area contributed by atoms with Crippen molar-refractivity contribution in [1.29, 1.82) is 0 Å². The smallest absolute Gasteiger partial charge is 0.333 e. The Kier molecular flexibility index (Phi) is 11.0. The molecule has 5 rings (SSSR count). The summed E-state index contributed by atoms with van der Waals surface area (Å²) in [6.45, 7) is 17.4. The lowest BCUT2D eigenvalue weighted by Gasteiger charge is -2.63. The van der Waals surface area contributed by atoms with E-state index >= 15 is 0 Å². The van der Waals surface area contributed by atoms with Crippen molar-refractivity contribution in [3.8, 4) is 0 Å². The minimum absolute atomic E-state index is 0.0886. The minimum atomic E-state index is -0.735. The number of carbonyl (C=O) groups excluding carboxylic acids is 5. The fourth-order valence-corrected chi connectivity index (χ4v) is 11.2. The summed E-state index contributed by atoms with van der Waals surface area (Å²) in [4.78, 5) is 64.3. The van der Waals surface area contributed by atoms with E-state index < -0.39 is 40.9 Å². The standard InChI is InChI=1S/C42H55BrO8/c1-24(11-10-12-25(2)38(48)49-23-32(46)28-13-15-29(43)16-14-28)30-19-22-41(8)31-17-18-33-39(5,6)34(47)20-21-40(33,7)35(31)36(50-26(3)44)37(42(30,41)9)51-27(4)45/h12-16,24,30,33,36-37H,10-11,17-23H2,1-9H3/b25-12-/t24-,30-,33+,36-,37-,40+,41+,42+/m1/s1. The van der Waals surface area contributed by atoms with Crippen molar-refractivity contribution in [2.75, 3.05) is 6.61 Å². The molecule has 0 unspecified atom stereocenters. The van der Waals surface area contributed by atoms with Gasteiger partial charge in [0, 0.05) is 46.7 Å². The Balaban J connectivity index is 1.41. The van der Waals surface area contributed by atoms with E-state index in [2.05, 4.69) is 57.5 Å². The molecule has 0 saturated heterocycles. The van der Waals surface area contributed by atoms with Crippen LogP contribution in [0, 0.1) is 39.4 Å². The zero-order chi connectivity index (χ0) is 37.7. The normalized spacial score (nSPS) is 33.4. The lowest BCUT2D eigenvalue weighted by atomic mass is 9.42. The predicted molar refractivity (Wildman–Crippen MR) is 198 cm³/mol. The van der Waals surface area contributed by atoms with Gasteiger partial charge >= 0.3 is 17.9 Å². The van der Waals surface area contributed by atoms with E-state index in [1.165, 1.54) is 19.4 Å². The first kappa shape index (κ1) is 39.1. The predicted octanol–water partition coefficient (Wildman–Crippen LogP) is 8.94. The monoisotopic (exact) mass is 766 g/mol. The largest absolute Gasteiger partial charge is 0.458 e. The van der Waals surface area contributed by atoms with Gasteiger partial charge in [-0.1, -0.05) is 81.3 Å². The van der Waals surface area contributed by atoms with Crippen molar-refractivity contribution in [1.82, 2.24) is 0 Å². The van der Waals surface area contributed by atoms with E-state index in [0.717, 1.165) is 42.1 Å². The summed E-state index contributed by atoms with van der Waals surface area (Å²) >= 11 is 3.36. The Morgan fingerprint density at radius 3 is 2.20 bits per heavy atom. The molecular formula is C42H55BrO8. The van der Waals surface area contributed by atoms with E-state index in [9.17, 15) is 24.0 Å². The topological polar surface area (TPSA) is 113 Å². The molecule has 4 aliphatic carbocycles. The van der Waals surface area contributed by atoms with Crippen LogP contribution in [0.15, 0.2) is 51.5 Å². The highest BCUT2D eigenvalue weighted by Crippen LogP contribution is 2.73. The second kappa shape index (κ2) is 14.4. The van der Waals surface area contributed by atoms with Gasteiger partial charge in [-0.25, -0.2) is 4.79 Å². The van der Waals surface area contributed by atoms with Crippen molar-refractivity contribution in [3.05, 3.63) is 57.1 Å². The number of ether oxygens (including phenoxy) is 3. The first-order valence-electron chi connectivity index (χ1n) is 18.5. The molecule has 0 N–H and O–H groups in total. The zero-order valence-corrected chi connectivity index (χ0v) is 33.4. The summed E-state index contributed by atoms with van der Waals surface area (Å²) in [5.41, 5.74) is 1.61. The van der Waals surface area contributed by atoms with Gasteiger partial charge in [0.25, 0.3) is 0 Å². The molecule has 9 heteroatoms. The molecule has 0 spiro atoms. The lowest BCUT2D eigenvalue weighted by molar-refractivity contribution is -0.195. The first-order chi connectivity index (χ1) is 23.8. The van der Waals surface area contributed by atoms with Gasteiger partial charge in [0.15, 0.2) is 18.5 Å². The molecule has 2 saturated carbocycles. The Morgan fingerprint density at radius 2 is 1.57 bits per heavy atom. The summed E-state index contributed by atoms with van der Waals surface area (Å²) in [5.74, 6) is -0.912. The van der Waals surface area contributed by atoms with E-state index in [1.54, 1.807) is 31.2 Å². The zero-order valence-electron chi connectivity index (χ0n) is 31.8. The van der Waals surface area contributed by atoms with E-state index in [-0.39, 0.29) is 46.8 Å². The van der Waals surface area contributed by atoms with Crippen LogP contribution in [0.2, 0.25) is 0 Å². The van der Waals surface area contributed by atoms with Gasteiger partial charge in [0.05, 0.1) is 0 Å². The Morgan fingerprint density at radius 1 is 0.922 bits per heavy atom. The summed E-state index contributed by atoms with van der Waals surface area (Å²) in [5, 5.41) is 0. The molecule has 8 nitrogen and oxygen atoms in total. The summed E-state index contributed by atoms with van der Waals surface area (Å²) in [6.07, 6.45) is 6.56. The number of rotatable bonds is 10. The van der Waals surface area contributed by atoms with Crippen LogP contribution >= 0.6 is 15.9 Å². The first-order valence-corrected chi connectivity index (χ1v) is 19.3. The number of ketones is 2. The van der Waals surface area contributed by atoms with Gasteiger partial charge in [-0.05, 0) is 98.2 Å². The van der Waals surface area contributed by atoms with Crippen LogP contribution in [-0.2, 0) is 33.4 Å². The van der Waals surface area contributed by atoms with Crippen molar-refractivity contribution in [2.24, 2.45) is 39.4 Å². The molecule has 8 atom stereocenters. The van der Waals surface area contributed by atoms with Crippen LogP contribution in [0.1, 0.15) is 124 Å². The third-order valence-electron chi connectivity index (χ3n) is 13.8. The van der Waals surface area contributed by atoms with Crippen LogP contribution in [0.5, 0.6) is 0 Å². The quantitative estimate of drug-likeness (QED) is 0.0763. The minimum Gasteiger partial charge on any atom is -0.458 e. The molecule has 0 radical (unpaired) electrons. The maximum Gasteiger partial charge on any atom is 0.333 e. The number of halogens is 1. The third kappa shape index (κ3) is 6.81. The highest BCUT2D eigenvalue weighted by atomic mass is 79.9. The fourth-order valence-electron chi connectivity index (χ4n) is 10.9. The summed E-state index contributed by atoms with van der Waals surface area (Å²) < 4.78 is 18.8. The van der Waals surface area contributed by atoms with Gasteiger partial charge in [0.1, 0.15) is 11.9 Å². The number of hydrogen-bond acceptors (Lipinski definition) is 8. The maximum absolute atomic E-state index is 13.2.